The number of para-hydroxylation sites is 2. The lowest BCUT2D eigenvalue weighted by atomic mass is 9.99. The summed E-state index contributed by atoms with van der Waals surface area (Å²) >= 11 is 0. The highest BCUT2D eigenvalue weighted by Gasteiger charge is 2.18. The van der Waals surface area contributed by atoms with Crippen LogP contribution >= 0.6 is 0 Å². The maximum atomic E-state index is 6.14. The fourth-order valence-corrected chi connectivity index (χ4v) is 7.52. The molecule has 7 aromatic carbocycles. The zero-order chi connectivity index (χ0) is 32.3. The van der Waals surface area contributed by atoms with Crippen molar-refractivity contribution in [1.82, 2.24) is 9.55 Å². The third kappa shape index (κ3) is 4.35. The van der Waals surface area contributed by atoms with Crippen molar-refractivity contribution < 1.29 is 4.42 Å². The van der Waals surface area contributed by atoms with E-state index in [0.717, 1.165) is 55.8 Å². The number of anilines is 3. The molecule has 0 aliphatic heterocycles. The minimum absolute atomic E-state index is 0.799. The first-order chi connectivity index (χ1) is 24.3. The van der Waals surface area contributed by atoms with Crippen molar-refractivity contribution in [3.63, 3.8) is 0 Å². The number of fused-ring (bicyclic) bond motifs is 8. The van der Waals surface area contributed by atoms with Crippen LogP contribution in [0.5, 0.6) is 0 Å². The molecular weight excluding hydrogens is 599 g/mol. The zero-order valence-electron chi connectivity index (χ0n) is 26.5. The molecule has 0 amide bonds. The Kier molecular flexibility index (Phi) is 6.15. The van der Waals surface area contributed by atoms with Gasteiger partial charge < -0.3 is 13.9 Å². The van der Waals surface area contributed by atoms with E-state index in [0.29, 0.717) is 0 Å². The van der Waals surface area contributed by atoms with Crippen LogP contribution in [-0.2, 0) is 0 Å². The van der Waals surface area contributed by atoms with Crippen LogP contribution in [0.25, 0.3) is 71.3 Å². The maximum absolute atomic E-state index is 6.14. The Hall–Kier alpha value is -6.65. The number of hydrogen-bond acceptors (Lipinski definition) is 3. The van der Waals surface area contributed by atoms with Crippen molar-refractivity contribution in [1.29, 1.82) is 0 Å². The summed E-state index contributed by atoms with van der Waals surface area (Å²) in [6.07, 6.45) is 3.61. The highest BCUT2D eigenvalue weighted by molar-refractivity contribution is 6.21. The van der Waals surface area contributed by atoms with Gasteiger partial charge in [-0.2, -0.15) is 0 Å². The number of nitrogens with zero attached hydrogens (tertiary/aromatic N) is 3. The van der Waals surface area contributed by atoms with Crippen LogP contribution in [0.15, 0.2) is 181 Å². The highest BCUT2D eigenvalue weighted by Crippen LogP contribution is 2.41. The monoisotopic (exact) mass is 627 g/mol. The molecule has 10 rings (SSSR count). The Morgan fingerprint density at radius 1 is 0.490 bits per heavy atom. The maximum Gasteiger partial charge on any atom is 0.153 e. The summed E-state index contributed by atoms with van der Waals surface area (Å²) in [5, 5.41) is 7.25. The van der Waals surface area contributed by atoms with E-state index in [1.807, 2.05) is 18.3 Å². The van der Waals surface area contributed by atoms with Crippen molar-refractivity contribution in [2.24, 2.45) is 0 Å². The molecule has 0 fully saturated rings. The second-order valence-electron chi connectivity index (χ2n) is 12.4. The number of aromatic nitrogens is 2. The number of furan rings is 1. The summed E-state index contributed by atoms with van der Waals surface area (Å²) in [5.74, 6) is 0. The first kappa shape index (κ1) is 27.5. The lowest BCUT2D eigenvalue weighted by Crippen LogP contribution is -2.10. The second-order valence-corrected chi connectivity index (χ2v) is 12.4. The van der Waals surface area contributed by atoms with Gasteiger partial charge in [0.2, 0.25) is 0 Å². The van der Waals surface area contributed by atoms with Crippen molar-refractivity contribution in [3.05, 3.63) is 176 Å². The van der Waals surface area contributed by atoms with Gasteiger partial charge in [0.05, 0.1) is 17.2 Å². The minimum Gasteiger partial charge on any atom is -0.454 e. The molecule has 49 heavy (non-hydrogen) atoms. The highest BCUT2D eigenvalue weighted by atomic mass is 16.3. The van der Waals surface area contributed by atoms with Crippen LogP contribution in [0.4, 0.5) is 17.1 Å². The van der Waals surface area contributed by atoms with E-state index in [9.17, 15) is 0 Å². The molecule has 10 aromatic rings. The van der Waals surface area contributed by atoms with Crippen LogP contribution in [0.3, 0.4) is 0 Å². The van der Waals surface area contributed by atoms with Gasteiger partial charge in [-0.05, 0) is 88.6 Å². The van der Waals surface area contributed by atoms with E-state index in [1.54, 1.807) is 6.20 Å². The van der Waals surface area contributed by atoms with Crippen LogP contribution in [0.2, 0.25) is 0 Å². The van der Waals surface area contributed by atoms with Crippen molar-refractivity contribution in [2.75, 3.05) is 4.90 Å². The van der Waals surface area contributed by atoms with Gasteiger partial charge in [-0.1, -0.05) is 97.1 Å². The van der Waals surface area contributed by atoms with E-state index >= 15 is 0 Å². The first-order valence-electron chi connectivity index (χ1n) is 16.5. The van der Waals surface area contributed by atoms with Gasteiger partial charge in [0.1, 0.15) is 5.58 Å². The van der Waals surface area contributed by atoms with Crippen molar-refractivity contribution in [2.45, 2.75) is 0 Å². The standard InChI is InChI=1S/C45H29N3O/c1-2-11-32(12-3-1)47(33-23-20-31(21-24-33)37-17-9-19-42-45(37)39-26-27-46-29-43(39)49-42)34-13-8-14-35(28-34)48-40-18-7-6-16-38(40)44-36-15-5-4-10-30(36)22-25-41(44)48/h1-29H. The second kappa shape index (κ2) is 11.0. The molecule has 0 bridgehead atoms. The Bertz CT molecular complexity index is 2830. The normalized spacial score (nSPS) is 11.7. The predicted molar refractivity (Wildman–Crippen MR) is 203 cm³/mol. The van der Waals surface area contributed by atoms with E-state index in [4.69, 9.17) is 4.42 Å². The fourth-order valence-electron chi connectivity index (χ4n) is 7.52. The molecule has 0 N–H and O–H groups in total. The van der Waals surface area contributed by atoms with E-state index in [1.165, 1.54) is 32.6 Å². The summed E-state index contributed by atoms with van der Waals surface area (Å²) in [6.45, 7) is 0. The average molecular weight is 628 g/mol. The molecule has 3 aromatic heterocycles. The molecule has 0 saturated heterocycles. The molecule has 0 spiro atoms. The van der Waals surface area contributed by atoms with Crippen LogP contribution < -0.4 is 4.90 Å². The summed E-state index contributed by atoms with van der Waals surface area (Å²) in [7, 11) is 0. The molecule has 0 saturated carbocycles. The first-order valence-corrected chi connectivity index (χ1v) is 16.5. The van der Waals surface area contributed by atoms with Gasteiger partial charge in [0.15, 0.2) is 5.58 Å². The molecule has 0 unspecified atom stereocenters. The van der Waals surface area contributed by atoms with Gasteiger partial charge in [0, 0.05) is 50.5 Å². The molecule has 4 nitrogen and oxygen atoms in total. The summed E-state index contributed by atoms with van der Waals surface area (Å²) in [4.78, 5) is 6.59. The fraction of sp³-hybridized carbons (Fsp3) is 0. The van der Waals surface area contributed by atoms with Gasteiger partial charge in [0.25, 0.3) is 0 Å². The van der Waals surface area contributed by atoms with Gasteiger partial charge in [-0.15, -0.1) is 0 Å². The molecule has 4 heteroatoms. The molecule has 0 atom stereocenters. The summed E-state index contributed by atoms with van der Waals surface area (Å²) < 4.78 is 8.54. The Labute approximate surface area is 282 Å². The minimum atomic E-state index is 0.799. The van der Waals surface area contributed by atoms with E-state index < -0.39 is 0 Å². The smallest absolute Gasteiger partial charge is 0.153 e. The van der Waals surface area contributed by atoms with E-state index in [2.05, 4.69) is 166 Å². The SMILES string of the molecule is c1ccc(N(c2ccc(-c3cccc4oc5cnccc5c34)cc2)c2cccc(-n3c4ccccc4c4c5ccccc5ccc43)c2)cc1. The topological polar surface area (TPSA) is 34.2 Å². The van der Waals surface area contributed by atoms with Crippen LogP contribution in [0, 0.1) is 0 Å². The molecular formula is C45H29N3O. The Morgan fingerprint density at radius 3 is 2.14 bits per heavy atom. The number of hydrogen-bond donors (Lipinski definition) is 0. The number of benzene rings is 7. The molecule has 0 aliphatic carbocycles. The van der Waals surface area contributed by atoms with Gasteiger partial charge in [-0.25, -0.2) is 0 Å². The van der Waals surface area contributed by atoms with Crippen LogP contribution in [0.1, 0.15) is 0 Å². The molecule has 0 radical (unpaired) electrons. The number of pyridine rings is 1. The summed E-state index contributed by atoms with van der Waals surface area (Å²) in [6, 6.07) is 58.5. The van der Waals surface area contributed by atoms with Crippen LogP contribution in [-0.4, -0.2) is 9.55 Å². The predicted octanol–water partition coefficient (Wildman–Crippen LogP) is 12.4. The zero-order valence-corrected chi connectivity index (χ0v) is 26.5. The lowest BCUT2D eigenvalue weighted by Gasteiger charge is -2.26. The Balaban J connectivity index is 1.13. The molecule has 0 aliphatic rings. The Morgan fingerprint density at radius 2 is 1.24 bits per heavy atom. The molecule has 230 valence electrons. The van der Waals surface area contributed by atoms with Crippen molar-refractivity contribution >= 4 is 71.6 Å². The van der Waals surface area contributed by atoms with Crippen molar-refractivity contribution in [3.8, 4) is 16.8 Å². The van der Waals surface area contributed by atoms with Gasteiger partial charge in [-0.3, -0.25) is 4.98 Å². The number of rotatable bonds is 5. The van der Waals surface area contributed by atoms with E-state index in [-0.39, 0.29) is 0 Å². The molecule has 3 heterocycles. The quantitative estimate of drug-likeness (QED) is 0.190. The summed E-state index contributed by atoms with van der Waals surface area (Å²) in [5.41, 5.74) is 10.7. The third-order valence-electron chi connectivity index (χ3n) is 9.66. The average Bonchev–Trinajstić information content (AvgIpc) is 3.72. The van der Waals surface area contributed by atoms with Gasteiger partial charge >= 0.3 is 0 Å². The largest absolute Gasteiger partial charge is 0.454 e. The third-order valence-corrected chi connectivity index (χ3v) is 9.66. The lowest BCUT2D eigenvalue weighted by molar-refractivity contribution is 0.667.